The average molecular weight is 444 g/mol. The molecule has 1 unspecified atom stereocenters. The van der Waals surface area contributed by atoms with Crippen LogP contribution in [0.4, 0.5) is 4.79 Å². The van der Waals surface area contributed by atoms with Crippen molar-refractivity contribution in [1.82, 2.24) is 5.32 Å². The molecule has 0 aliphatic heterocycles. The largest absolute Gasteiger partial charge is 0.462 e. The molecule has 1 N–H and O–H groups in total. The lowest BCUT2D eigenvalue weighted by Gasteiger charge is -2.28. The molecule has 0 heterocycles. The predicted octanol–water partition coefficient (Wildman–Crippen LogP) is 3.16. The van der Waals surface area contributed by atoms with Crippen molar-refractivity contribution < 1.29 is 38.1 Å². The Bertz CT molecular complexity index is 588. The van der Waals surface area contributed by atoms with Crippen LogP contribution in [0.15, 0.2) is 12.7 Å². The van der Waals surface area contributed by atoms with Gasteiger partial charge in [0.05, 0.1) is 0 Å². The van der Waals surface area contributed by atoms with E-state index in [1.807, 2.05) is 0 Å². The summed E-state index contributed by atoms with van der Waals surface area (Å²) in [5.41, 5.74) is -0.0373. The summed E-state index contributed by atoms with van der Waals surface area (Å²) in [6.45, 7) is 11.8. The molecule has 0 aliphatic rings. The normalized spacial score (nSPS) is 11.7. The third kappa shape index (κ3) is 16.9. The minimum atomic E-state index is -0.564. The van der Waals surface area contributed by atoms with Gasteiger partial charge in [0.15, 0.2) is 0 Å². The molecular formula is C22H37NO8. The number of hydrogen-bond acceptors (Lipinski definition) is 8. The second kappa shape index (κ2) is 16.2. The van der Waals surface area contributed by atoms with Gasteiger partial charge in [-0.3, -0.25) is 9.59 Å². The molecule has 31 heavy (non-hydrogen) atoms. The highest BCUT2D eigenvalue weighted by Crippen LogP contribution is 2.30. The zero-order valence-electron chi connectivity index (χ0n) is 19.2. The number of rotatable bonds is 16. The van der Waals surface area contributed by atoms with Crippen LogP contribution in [0, 0.1) is 11.3 Å². The monoisotopic (exact) mass is 443 g/mol. The molecule has 0 aromatic rings. The second-order valence-corrected chi connectivity index (χ2v) is 7.99. The third-order valence-electron chi connectivity index (χ3n) is 4.44. The van der Waals surface area contributed by atoms with Crippen molar-refractivity contribution in [3.05, 3.63) is 12.7 Å². The van der Waals surface area contributed by atoms with Gasteiger partial charge in [-0.2, -0.15) is 0 Å². The maximum Gasteiger partial charge on any atom is 0.407 e. The van der Waals surface area contributed by atoms with E-state index in [4.69, 9.17) is 18.9 Å². The van der Waals surface area contributed by atoms with Crippen LogP contribution in [0.2, 0.25) is 0 Å². The van der Waals surface area contributed by atoms with Crippen molar-refractivity contribution in [2.75, 3.05) is 33.0 Å². The molecule has 9 heteroatoms. The molecule has 0 bridgehead atoms. The fraction of sp³-hybridized carbons (Fsp3) is 0.727. The summed E-state index contributed by atoms with van der Waals surface area (Å²) >= 11 is 0. The van der Waals surface area contributed by atoms with Crippen molar-refractivity contribution in [1.29, 1.82) is 0 Å². The zero-order valence-corrected chi connectivity index (χ0v) is 19.2. The van der Waals surface area contributed by atoms with Gasteiger partial charge < -0.3 is 24.3 Å². The van der Waals surface area contributed by atoms with Crippen molar-refractivity contribution >= 4 is 24.0 Å². The van der Waals surface area contributed by atoms with Crippen LogP contribution in [0.25, 0.3) is 0 Å². The zero-order chi connectivity index (χ0) is 23.7. The van der Waals surface area contributed by atoms with Crippen LogP contribution in [0.5, 0.6) is 0 Å². The van der Waals surface area contributed by atoms with Gasteiger partial charge in [-0.15, -0.1) is 0 Å². The van der Waals surface area contributed by atoms with Crippen molar-refractivity contribution in [2.24, 2.45) is 11.3 Å². The van der Waals surface area contributed by atoms with Crippen LogP contribution in [-0.4, -0.2) is 57.0 Å². The lowest BCUT2D eigenvalue weighted by atomic mass is 9.79. The van der Waals surface area contributed by atoms with Gasteiger partial charge >= 0.3 is 24.0 Å². The molecule has 0 fully saturated rings. The number of alkyl carbamates (subject to hydrolysis) is 1. The predicted molar refractivity (Wildman–Crippen MR) is 114 cm³/mol. The lowest BCUT2D eigenvalue weighted by molar-refractivity contribution is -0.152. The number of carbonyl (C=O) groups excluding carboxylic acids is 4. The fourth-order valence-corrected chi connectivity index (χ4v) is 2.89. The summed E-state index contributed by atoms with van der Waals surface area (Å²) in [6, 6.07) is 0. The standard InChI is InChI=1S/C22H37NO8/c1-6-18(24)28-12-13-30-20(26)9-8-17(3)16-22(4,5)10-11-23-21(27)31-15-14-29-19(25)7-2/h7,17H,2,6,8-16H2,1,3-5H3,(H,23,27). The SMILES string of the molecule is C=CC(=O)OCCOC(=O)NCCC(C)(C)CC(C)CCC(=O)OCCOC(=O)CC. The Balaban J connectivity index is 3.92. The molecule has 0 saturated carbocycles. The summed E-state index contributed by atoms with van der Waals surface area (Å²) in [5.74, 6) is -0.887. The number of carbonyl (C=O) groups is 4. The molecule has 1 atom stereocenters. The summed E-state index contributed by atoms with van der Waals surface area (Å²) < 4.78 is 19.5. The summed E-state index contributed by atoms with van der Waals surface area (Å²) in [5, 5.41) is 2.67. The maximum absolute atomic E-state index is 11.8. The minimum absolute atomic E-state index is 0.0202. The van der Waals surface area contributed by atoms with Crippen molar-refractivity contribution in [2.45, 2.75) is 59.8 Å². The van der Waals surface area contributed by atoms with Crippen molar-refractivity contribution in [3.8, 4) is 0 Å². The first kappa shape index (κ1) is 28.4. The van der Waals surface area contributed by atoms with Gasteiger partial charge in [0.25, 0.3) is 0 Å². The third-order valence-corrected chi connectivity index (χ3v) is 4.44. The smallest absolute Gasteiger partial charge is 0.407 e. The molecule has 0 rings (SSSR count). The Hall–Kier alpha value is -2.58. The topological polar surface area (TPSA) is 117 Å². The highest BCUT2D eigenvalue weighted by Gasteiger charge is 2.22. The molecule has 178 valence electrons. The van der Waals surface area contributed by atoms with Crippen LogP contribution in [-0.2, 0) is 33.3 Å². The summed E-state index contributed by atoms with van der Waals surface area (Å²) in [7, 11) is 0. The van der Waals surface area contributed by atoms with E-state index in [2.05, 4.69) is 32.7 Å². The molecule has 9 nitrogen and oxygen atoms in total. The van der Waals surface area contributed by atoms with E-state index in [1.54, 1.807) is 6.92 Å². The van der Waals surface area contributed by atoms with Crippen LogP contribution in [0.3, 0.4) is 0 Å². The molecule has 0 radical (unpaired) electrons. The highest BCUT2D eigenvalue weighted by molar-refractivity contribution is 5.81. The van der Waals surface area contributed by atoms with E-state index in [1.165, 1.54) is 0 Å². The molecule has 0 aromatic carbocycles. The average Bonchev–Trinajstić information content (AvgIpc) is 2.71. The van der Waals surface area contributed by atoms with E-state index in [-0.39, 0.29) is 43.8 Å². The van der Waals surface area contributed by atoms with Crippen molar-refractivity contribution in [3.63, 3.8) is 0 Å². The quantitative estimate of drug-likeness (QED) is 0.167. The Morgan fingerprint density at radius 2 is 1.55 bits per heavy atom. The van der Waals surface area contributed by atoms with Crippen LogP contribution in [0.1, 0.15) is 59.8 Å². The first-order chi connectivity index (χ1) is 14.6. The Morgan fingerprint density at radius 1 is 0.968 bits per heavy atom. The molecular weight excluding hydrogens is 406 g/mol. The second-order valence-electron chi connectivity index (χ2n) is 7.99. The number of hydrogen-bond donors (Lipinski definition) is 1. The number of nitrogens with one attached hydrogen (secondary N) is 1. The van der Waals surface area contributed by atoms with E-state index in [9.17, 15) is 19.2 Å². The molecule has 0 spiro atoms. The van der Waals surface area contributed by atoms with Gasteiger partial charge in [-0.1, -0.05) is 34.3 Å². The molecule has 0 saturated heterocycles. The van der Waals surface area contributed by atoms with E-state index in [0.29, 0.717) is 31.7 Å². The molecule has 1 amide bonds. The van der Waals surface area contributed by atoms with Gasteiger partial charge in [0.2, 0.25) is 0 Å². The Labute approximate surface area is 184 Å². The lowest BCUT2D eigenvalue weighted by Crippen LogP contribution is -2.30. The number of amides is 1. The maximum atomic E-state index is 11.8. The Kier molecular flexibility index (Phi) is 14.8. The van der Waals surface area contributed by atoms with Gasteiger partial charge in [-0.25, -0.2) is 9.59 Å². The molecule has 0 aliphatic carbocycles. The summed E-state index contributed by atoms with van der Waals surface area (Å²) in [6.07, 6.45) is 3.39. The van der Waals surface area contributed by atoms with Gasteiger partial charge in [0.1, 0.15) is 26.4 Å². The highest BCUT2D eigenvalue weighted by atomic mass is 16.6. The summed E-state index contributed by atoms with van der Waals surface area (Å²) in [4.78, 5) is 45.3. The first-order valence-electron chi connectivity index (χ1n) is 10.6. The number of ether oxygens (including phenoxy) is 4. The van der Waals surface area contributed by atoms with Crippen LogP contribution >= 0.6 is 0 Å². The fourth-order valence-electron chi connectivity index (χ4n) is 2.89. The van der Waals surface area contributed by atoms with Gasteiger partial charge in [-0.05, 0) is 30.6 Å². The van der Waals surface area contributed by atoms with E-state index in [0.717, 1.165) is 18.9 Å². The van der Waals surface area contributed by atoms with E-state index < -0.39 is 12.1 Å². The Morgan fingerprint density at radius 3 is 2.16 bits per heavy atom. The molecule has 0 aromatic heterocycles. The van der Waals surface area contributed by atoms with Gasteiger partial charge in [0, 0.05) is 25.5 Å². The minimum Gasteiger partial charge on any atom is -0.462 e. The first-order valence-corrected chi connectivity index (χ1v) is 10.6. The number of esters is 3. The van der Waals surface area contributed by atoms with Crippen LogP contribution < -0.4 is 5.32 Å². The van der Waals surface area contributed by atoms with E-state index >= 15 is 0 Å².